The van der Waals surface area contributed by atoms with Crippen molar-refractivity contribution >= 4 is 43.5 Å². The second kappa shape index (κ2) is 4.89. The molecule has 3 rings (SSSR count). The van der Waals surface area contributed by atoms with Crippen LogP contribution >= 0.6 is 22.6 Å². The Kier molecular flexibility index (Phi) is 3.33. The van der Waals surface area contributed by atoms with Crippen LogP contribution in [-0.4, -0.2) is 12.4 Å². The quantitative estimate of drug-likeness (QED) is 0.618. The van der Waals surface area contributed by atoms with E-state index < -0.39 is 10.0 Å². The molecule has 0 radical (unpaired) electrons. The number of aryl methyl sites for hydroxylation is 1. The Morgan fingerprint density at radius 1 is 1.00 bits per heavy atom. The molecule has 0 fully saturated rings. The Morgan fingerprint density at radius 3 is 2.40 bits per heavy atom. The number of benzene rings is 2. The van der Waals surface area contributed by atoms with E-state index in [0.717, 1.165) is 14.5 Å². The van der Waals surface area contributed by atoms with Crippen LogP contribution in [0.25, 0.3) is 10.9 Å². The molecule has 0 unspecified atom stereocenters. The highest BCUT2D eigenvalue weighted by Crippen LogP contribution is 2.24. The Morgan fingerprint density at radius 2 is 1.70 bits per heavy atom. The van der Waals surface area contributed by atoms with Crippen molar-refractivity contribution in [3.8, 4) is 0 Å². The Balaban J connectivity index is 2.23. The van der Waals surface area contributed by atoms with E-state index in [4.69, 9.17) is 0 Å². The smallest absolute Gasteiger partial charge is 0.241 e. The van der Waals surface area contributed by atoms with E-state index in [9.17, 15) is 8.42 Å². The monoisotopic (exact) mass is 397 g/mol. The van der Waals surface area contributed by atoms with Gasteiger partial charge in [0.05, 0.1) is 10.4 Å². The average molecular weight is 397 g/mol. The SMILES string of the molecule is Cc1ccc(S(=O)(=O)n2ccc3ccc(I)cc32)cc1. The molecule has 0 amide bonds. The van der Waals surface area contributed by atoms with Crippen molar-refractivity contribution in [3.05, 3.63) is 63.9 Å². The van der Waals surface area contributed by atoms with Gasteiger partial charge in [0.2, 0.25) is 0 Å². The van der Waals surface area contributed by atoms with Crippen LogP contribution in [0.5, 0.6) is 0 Å². The molecule has 20 heavy (non-hydrogen) atoms. The zero-order valence-electron chi connectivity index (χ0n) is 10.7. The zero-order valence-corrected chi connectivity index (χ0v) is 13.7. The molecule has 1 aromatic heterocycles. The highest BCUT2D eigenvalue weighted by molar-refractivity contribution is 14.1. The summed E-state index contributed by atoms with van der Waals surface area (Å²) >= 11 is 2.18. The summed E-state index contributed by atoms with van der Waals surface area (Å²) in [7, 11) is -3.54. The molecule has 0 saturated heterocycles. The maximum absolute atomic E-state index is 12.7. The lowest BCUT2D eigenvalue weighted by atomic mass is 10.2. The van der Waals surface area contributed by atoms with Gasteiger partial charge in [-0.25, -0.2) is 12.4 Å². The number of rotatable bonds is 2. The first-order chi connectivity index (χ1) is 9.48. The summed E-state index contributed by atoms with van der Waals surface area (Å²) in [6.07, 6.45) is 1.61. The fraction of sp³-hybridized carbons (Fsp3) is 0.0667. The Labute approximate surface area is 131 Å². The number of fused-ring (bicyclic) bond motifs is 1. The van der Waals surface area contributed by atoms with Crippen LogP contribution in [0.1, 0.15) is 5.56 Å². The van der Waals surface area contributed by atoms with Crippen LogP contribution < -0.4 is 0 Å². The molecule has 102 valence electrons. The number of halogens is 1. The summed E-state index contributed by atoms with van der Waals surface area (Å²) in [5.74, 6) is 0. The first kappa shape index (κ1) is 13.6. The van der Waals surface area contributed by atoms with E-state index in [-0.39, 0.29) is 0 Å². The number of hydrogen-bond donors (Lipinski definition) is 0. The maximum atomic E-state index is 12.7. The fourth-order valence-electron chi connectivity index (χ4n) is 2.11. The van der Waals surface area contributed by atoms with Gasteiger partial charge in [-0.1, -0.05) is 23.8 Å². The van der Waals surface area contributed by atoms with Crippen LogP contribution in [0.3, 0.4) is 0 Å². The second-order valence-electron chi connectivity index (χ2n) is 4.63. The molecule has 0 spiro atoms. The predicted molar refractivity (Wildman–Crippen MR) is 88.4 cm³/mol. The minimum atomic E-state index is -3.54. The van der Waals surface area contributed by atoms with Gasteiger partial charge in [0.25, 0.3) is 10.0 Å². The van der Waals surface area contributed by atoms with E-state index in [2.05, 4.69) is 22.6 Å². The van der Waals surface area contributed by atoms with Gasteiger partial charge in [-0.2, -0.15) is 0 Å². The van der Waals surface area contributed by atoms with E-state index in [0.29, 0.717) is 10.4 Å². The summed E-state index contributed by atoms with van der Waals surface area (Å²) in [6, 6.07) is 14.5. The van der Waals surface area contributed by atoms with Crippen LogP contribution in [0.4, 0.5) is 0 Å². The Bertz CT molecular complexity index is 880. The summed E-state index contributed by atoms with van der Waals surface area (Å²) in [5, 5.41) is 0.918. The molecule has 0 aliphatic rings. The van der Waals surface area contributed by atoms with Crippen molar-refractivity contribution < 1.29 is 8.42 Å². The van der Waals surface area contributed by atoms with Gasteiger partial charge < -0.3 is 0 Å². The number of hydrogen-bond acceptors (Lipinski definition) is 2. The summed E-state index contributed by atoms with van der Waals surface area (Å²) in [4.78, 5) is 0.305. The van der Waals surface area contributed by atoms with Gasteiger partial charge in [0.15, 0.2) is 0 Å². The molecule has 5 heteroatoms. The molecule has 0 bridgehead atoms. The second-order valence-corrected chi connectivity index (χ2v) is 7.69. The van der Waals surface area contributed by atoms with Gasteiger partial charge in [0, 0.05) is 15.2 Å². The molecule has 3 aromatic rings. The van der Waals surface area contributed by atoms with Gasteiger partial charge >= 0.3 is 0 Å². The lowest BCUT2D eigenvalue weighted by Crippen LogP contribution is -2.11. The van der Waals surface area contributed by atoms with Crippen LogP contribution in [-0.2, 0) is 10.0 Å². The predicted octanol–water partition coefficient (Wildman–Crippen LogP) is 3.79. The largest absolute Gasteiger partial charge is 0.268 e. The first-order valence-corrected chi connectivity index (χ1v) is 8.59. The van der Waals surface area contributed by atoms with Gasteiger partial charge in [-0.3, -0.25) is 0 Å². The van der Waals surface area contributed by atoms with E-state index in [1.54, 1.807) is 18.3 Å². The summed E-state index contributed by atoms with van der Waals surface area (Å²) < 4.78 is 27.7. The van der Waals surface area contributed by atoms with Crippen molar-refractivity contribution in [1.29, 1.82) is 0 Å². The lowest BCUT2D eigenvalue weighted by Gasteiger charge is -2.08. The molecule has 0 N–H and O–H groups in total. The molecular formula is C15H12INO2S. The van der Waals surface area contributed by atoms with Crippen LogP contribution in [0.15, 0.2) is 59.6 Å². The molecule has 0 atom stereocenters. The van der Waals surface area contributed by atoms with Crippen molar-refractivity contribution in [2.24, 2.45) is 0 Å². The lowest BCUT2D eigenvalue weighted by molar-refractivity contribution is 0.589. The molecule has 0 saturated carbocycles. The molecule has 3 nitrogen and oxygen atoms in total. The van der Waals surface area contributed by atoms with Gasteiger partial charge in [-0.15, -0.1) is 0 Å². The molecular weight excluding hydrogens is 385 g/mol. The minimum Gasteiger partial charge on any atom is -0.241 e. The van der Waals surface area contributed by atoms with E-state index in [1.807, 2.05) is 43.3 Å². The summed E-state index contributed by atoms with van der Waals surface area (Å²) in [5.41, 5.74) is 1.74. The first-order valence-electron chi connectivity index (χ1n) is 6.07. The third-order valence-corrected chi connectivity index (χ3v) is 5.57. The van der Waals surface area contributed by atoms with E-state index >= 15 is 0 Å². The van der Waals surface area contributed by atoms with Crippen molar-refractivity contribution in [3.63, 3.8) is 0 Å². The highest BCUT2D eigenvalue weighted by Gasteiger charge is 2.18. The van der Waals surface area contributed by atoms with Crippen molar-refractivity contribution in [1.82, 2.24) is 3.97 Å². The minimum absolute atomic E-state index is 0.305. The molecule has 1 heterocycles. The molecule has 0 aliphatic heterocycles. The number of aromatic nitrogens is 1. The van der Waals surface area contributed by atoms with Gasteiger partial charge in [-0.05, 0) is 59.8 Å². The zero-order chi connectivity index (χ0) is 14.3. The standard InChI is InChI=1S/C15H12INO2S/c1-11-2-6-14(7-3-11)20(18,19)17-9-8-12-4-5-13(16)10-15(12)17/h2-10H,1H3. The van der Waals surface area contributed by atoms with Crippen LogP contribution in [0.2, 0.25) is 0 Å². The topological polar surface area (TPSA) is 39.1 Å². The Hall–Kier alpha value is -1.34. The average Bonchev–Trinajstić information content (AvgIpc) is 2.82. The maximum Gasteiger partial charge on any atom is 0.268 e. The van der Waals surface area contributed by atoms with Crippen molar-refractivity contribution in [2.75, 3.05) is 0 Å². The van der Waals surface area contributed by atoms with Gasteiger partial charge in [0.1, 0.15) is 0 Å². The summed E-state index contributed by atoms with van der Waals surface area (Å²) in [6.45, 7) is 1.93. The fourth-order valence-corrected chi connectivity index (χ4v) is 3.93. The van der Waals surface area contributed by atoms with E-state index in [1.165, 1.54) is 3.97 Å². The molecule has 0 aliphatic carbocycles. The third kappa shape index (κ3) is 2.25. The third-order valence-electron chi connectivity index (χ3n) is 3.20. The number of nitrogens with zero attached hydrogens (tertiary/aromatic N) is 1. The van der Waals surface area contributed by atoms with Crippen LogP contribution in [0, 0.1) is 10.5 Å². The van der Waals surface area contributed by atoms with Crippen molar-refractivity contribution in [2.45, 2.75) is 11.8 Å². The normalized spacial score (nSPS) is 11.9. The molecule has 2 aromatic carbocycles. The highest BCUT2D eigenvalue weighted by atomic mass is 127.